The van der Waals surface area contributed by atoms with Gasteiger partial charge in [0, 0.05) is 18.9 Å². The molecule has 0 radical (unpaired) electrons. The monoisotopic (exact) mass is 257 g/mol. The molecule has 0 aliphatic heterocycles. The van der Waals surface area contributed by atoms with E-state index in [0.29, 0.717) is 0 Å². The summed E-state index contributed by atoms with van der Waals surface area (Å²) in [6.45, 7) is 8.38. The molecule has 3 nitrogen and oxygen atoms in total. The van der Waals surface area contributed by atoms with Crippen molar-refractivity contribution in [1.82, 2.24) is 14.9 Å². The minimum atomic E-state index is 0.279. The van der Waals surface area contributed by atoms with Crippen LogP contribution in [0.4, 0.5) is 0 Å². The van der Waals surface area contributed by atoms with Gasteiger partial charge in [-0.05, 0) is 37.9 Å². The molecule has 0 saturated heterocycles. The van der Waals surface area contributed by atoms with E-state index in [1.165, 1.54) is 11.1 Å². The molecule has 2 aromatic rings. The number of nitrogens with one attached hydrogen (secondary N) is 1. The van der Waals surface area contributed by atoms with Gasteiger partial charge in [0.05, 0.1) is 6.04 Å². The predicted molar refractivity (Wildman–Crippen MR) is 79.2 cm³/mol. The SMILES string of the molecule is CCNC(Cc1ccccc1C)c1nccn1CC. The fraction of sp³-hybridized carbons (Fsp3) is 0.438. The molecule has 0 spiro atoms. The number of rotatable bonds is 6. The fourth-order valence-corrected chi connectivity index (χ4v) is 2.46. The highest BCUT2D eigenvalue weighted by molar-refractivity contribution is 5.27. The van der Waals surface area contributed by atoms with Crippen LogP contribution >= 0.6 is 0 Å². The largest absolute Gasteiger partial charge is 0.334 e. The highest BCUT2D eigenvalue weighted by Crippen LogP contribution is 2.19. The first-order chi connectivity index (χ1) is 9.26. The average molecular weight is 257 g/mol. The van der Waals surface area contributed by atoms with Gasteiger partial charge in [-0.2, -0.15) is 0 Å². The summed E-state index contributed by atoms with van der Waals surface area (Å²) in [4.78, 5) is 4.53. The zero-order valence-corrected chi connectivity index (χ0v) is 12.1. The topological polar surface area (TPSA) is 29.9 Å². The number of likely N-dealkylation sites (N-methyl/N-ethyl adjacent to an activating group) is 1. The first kappa shape index (κ1) is 13.8. The second-order valence-electron chi connectivity index (χ2n) is 4.81. The summed E-state index contributed by atoms with van der Waals surface area (Å²) < 4.78 is 2.21. The van der Waals surface area contributed by atoms with E-state index in [0.717, 1.165) is 25.3 Å². The van der Waals surface area contributed by atoms with E-state index >= 15 is 0 Å². The van der Waals surface area contributed by atoms with Crippen molar-refractivity contribution in [3.8, 4) is 0 Å². The van der Waals surface area contributed by atoms with Crippen molar-refractivity contribution in [2.45, 2.75) is 39.8 Å². The predicted octanol–water partition coefficient (Wildman–Crippen LogP) is 3.10. The molecule has 1 atom stereocenters. The highest BCUT2D eigenvalue weighted by Gasteiger charge is 2.16. The fourth-order valence-electron chi connectivity index (χ4n) is 2.46. The van der Waals surface area contributed by atoms with Gasteiger partial charge in [-0.25, -0.2) is 4.98 Å². The second-order valence-corrected chi connectivity index (χ2v) is 4.81. The van der Waals surface area contributed by atoms with Crippen LogP contribution in [0.1, 0.15) is 36.8 Å². The van der Waals surface area contributed by atoms with Gasteiger partial charge >= 0.3 is 0 Å². The van der Waals surface area contributed by atoms with Gasteiger partial charge in [-0.1, -0.05) is 31.2 Å². The number of imidazole rings is 1. The third-order valence-electron chi connectivity index (χ3n) is 3.54. The summed E-state index contributed by atoms with van der Waals surface area (Å²) in [6.07, 6.45) is 4.93. The van der Waals surface area contributed by atoms with Crippen molar-refractivity contribution in [2.75, 3.05) is 6.54 Å². The Morgan fingerprint density at radius 1 is 1.26 bits per heavy atom. The third kappa shape index (κ3) is 3.24. The lowest BCUT2D eigenvalue weighted by molar-refractivity contribution is 0.495. The van der Waals surface area contributed by atoms with E-state index < -0.39 is 0 Å². The van der Waals surface area contributed by atoms with Crippen molar-refractivity contribution in [2.24, 2.45) is 0 Å². The summed E-state index contributed by atoms with van der Waals surface area (Å²) in [5, 5.41) is 3.55. The lowest BCUT2D eigenvalue weighted by Gasteiger charge is -2.19. The maximum Gasteiger partial charge on any atom is 0.126 e. The number of hydrogen-bond acceptors (Lipinski definition) is 2. The third-order valence-corrected chi connectivity index (χ3v) is 3.54. The van der Waals surface area contributed by atoms with Gasteiger partial charge in [-0.15, -0.1) is 0 Å². The first-order valence-corrected chi connectivity index (χ1v) is 7.05. The molecule has 0 saturated carbocycles. The van der Waals surface area contributed by atoms with Crippen LogP contribution < -0.4 is 5.32 Å². The van der Waals surface area contributed by atoms with Gasteiger partial charge < -0.3 is 9.88 Å². The number of aromatic nitrogens is 2. The van der Waals surface area contributed by atoms with Crippen molar-refractivity contribution in [1.29, 1.82) is 0 Å². The van der Waals surface area contributed by atoms with Crippen molar-refractivity contribution < 1.29 is 0 Å². The summed E-state index contributed by atoms with van der Waals surface area (Å²) in [5.74, 6) is 1.13. The molecule has 1 heterocycles. The highest BCUT2D eigenvalue weighted by atomic mass is 15.1. The molecule has 0 aliphatic carbocycles. The molecule has 1 aromatic heterocycles. The normalized spacial score (nSPS) is 12.6. The number of hydrogen-bond donors (Lipinski definition) is 1. The van der Waals surface area contributed by atoms with E-state index in [4.69, 9.17) is 0 Å². The maximum absolute atomic E-state index is 4.53. The minimum Gasteiger partial charge on any atom is -0.334 e. The quantitative estimate of drug-likeness (QED) is 0.861. The molecule has 0 amide bonds. The molecule has 0 aliphatic rings. The Bertz CT molecular complexity index is 516. The smallest absolute Gasteiger partial charge is 0.126 e. The zero-order chi connectivity index (χ0) is 13.7. The van der Waals surface area contributed by atoms with Crippen LogP contribution in [0.2, 0.25) is 0 Å². The number of benzene rings is 1. The van der Waals surface area contributed by atoms with Crippen molar-refractivity contribution >= 4 is 0 Å². The van der Waals surface area contributed by atoms with Crippen LogP contribution in [0.3, 0.4) is 0 Å². The Morgan fingerprint density at radius 2 is 2.05 bits per heavy atom. The first-order valence-electron chi connectivity index (χ1n) is 7.05. The Kier molecular flexibility index (Phi) is 4.74. The molecule has 0 bridgehead atoms. The number of nitrogens with zero attached hydrogens (tertiary/aromatic N) is 2. The van der Waals surface area contributed by atoms with Gasteiger partial charge in [0.1, 0.15) is 5.82 Å². The Morgan fingerprint density at radius 3 is 2.74 bits per heavy atom. The minimum absolute atomic E-state index is 0.279. The molecule has 2 rings (SSSR count). The summed E-state index contributed by atoms with van der Waals surface area (Å²) in [6, 6.07) is 8.86. The van der Waals surface area contributed by atoms with Gasteiger partial charge in [0.2, 0.25) is 0 Å². The molecular weight excluding hydrogens is 234 g/mol. The summed E-state index contributed by atoms with van der Waals surface area (Å²) in [7, 11) is 0. The van der Waals surface area contributed by atoms with E-state index in [1.54, 1.807) is 0 Å². The average Bonchev–Trinajstić information content (AvgIpc) is 2.89. The Labute approximate surface area is 115 Å². The van der Waals surface area contributed by atoms with Crippen LogP contribution in [0.15, 0.2) is 36.7 Å². The Hall–Kier alpha value is -1.61. The van der Waals surface area contributed by atoms with Crippen LogP contribution in [-0.4, -0.2) is 16.1 Å². The van der Waals surface area contributed by atoms with Crippen molar-refractivity contribution in [3.05, 3.63) is 53.6 Å². The van der Waals surface area contributed by atoms with Gasteiger partial charge in [-0.3, -0.25) is 0 Å². The molecule has 0 fully saturated rings. The van der Waals surface area contributed by atoms with Crippen LogP contribution in [-0.2, 0) is 13.0 Å². The zero-order valence-electron chi connectivity index (χ0n) is 12.1. The molecule has 102 valence electrons. The van der Waals surface area contributed by atoms with E-state index in [-0.39, 0.29) is 6.04 Å². The lowest BCUT2D eigenvalue weighted by atomic mass is 10.0. The van der Waals surface area contributed by atoms with Gasteiger partial charge in [0.25, 0.3) is 0 Å². The van der Waals surface area contributed by atoms with Crippen LogP contribution in [0.25, 0.3) is 0 Å². The molecule has 1 N–H and O–H groups in total. The molecule has 1 unspecified atom stereocenters. The lowest BCUT2D eigenvalue weighted by Crippen LogP contribution is -2.26. The van der Waals surface area contributed by atoms with E-state index in [1.807, 2.05) is 6.20 Å². The summed E-state index contributed by atoms with van der Waals surface area (Å²) >= 11 is 0. The van der Waals surface area contributed by atoms with Crippen LogP contribution in [0.5, 0.6) is 0 Å². The molecule has 1 aromatic carbocycles. The molecule has 19 heavy (non-hydrogen) atoms. The molecule has 3 heteroatoms. The van der Waals surface area contributed by atoms with Crippen molar-refractivity contribution in [3.63, 3.8) is 0 Å². The van der Waals surface area contributed by atoms with E-state index in [2.05, 4.69) is 66.1 Å². The summed E-state index contributed by atoms with van der Waals surface area (Å²) in [5.41, 5.74) is 2.74. The van der Waals surface area contributed by atoms with E-state index in [9.17, 15) is 0 Å². The standard InChI is InChI=1S/C16H23N3/c1-4-17-15(16-18-10-11-19(16)5-2)12-14-9-7-6-8-13(14)3/h6-11,15,17H,4-5,12H2,1-3H3. The second kappa shape index (κ2) is 6.53. The maximum atomic E-state index is 4.53. The van der Waals surface area contributed by atoms with Gasteiger partial charge in [0.15, 0.2) is 0 Å². The molecular formula is C16H23N3. The Balaban J connectivity index is 2.24. The van der Waals surface area contributed by atoms with Crippen LogP contribution in [0, 0.1) is 6.92 Å². The number of aryl methyl sites for hydroxylation is 2.